The number of aliphatic hydroxyl groups is 4. The summed E-state index contributed by atoms with van der Waals surface area (Å²) in [4.78, 5) is 8.71. The Hall–Kier alpha value is -2.06. The minimum Gasteiger partial charge on any atom is -0.394 e. The first-order chi connectivity index (χ1) is 14.0. The van der Waals surface area contributed by atoms with E-state index in [4.69, 9.17) is 4.74 Å². The molecule has 0 spiro atoms. The fraction of sp³-hybridized carbons (Fsp3) is 0.450. The van der Waals surface area contributed by atoms with Gasteiger partial charge in [0.05, 0.1) is 12.2 Å². The van der Waals surface area contributed by atoms with Gasteiger partial charge in [0, 0.05) is 23.7 Å². The van der Waals surface area contributed by atoms with Crippen LogP contribution in [0.3, 0.4) is 0 Å². The van der Waals surface area contributed by atoms with Crippen LogP contribution in [0.25, 0.3) is 11.1 Å². The lowest BCUT2D eigenvalue weighted by Crippen LogP contribution is -2.57. The van der Waals surface area contributed by atoms with E-state index >= 15 is 0 Å². The molecule has 1 aliphatic heterocycles. The first kappa shape index (κ1) is 20.2. The summed E-state index contributed by atoms with van der Waals surface area (Å²) in [7, 11) is 0. The van der Waals surface area contributed by atoms with Gasteiger partial charge in [-0.1, -0.05) is 11.8 Å². The number of aliphatic hydroxyl groups excluding tert-OH is 4. The summed E-state index contributed by atoms with van der Waals surface area (Å²) >= 11 is 1.02. The second-order valence-electron chi connectivity index (χ2n) is 7.11. The van der Waals surface area contributed by atoms with Crippen LogP contribution in [0, 0.1) is 11.3 Å². The summed E-state index contributed by atoms with van der Waals surface area (Å²) in [6.07, 6.45) is 0.598. The van der Waals surface area contributed by atoms with Gasteiger partial charge in [0.1, 0.15) is 40.9 Å². The van der Waals surface area contributed by atoms with E-state index in [1.165, 1.54) is 0 Å². The highest BCUT2D eigenvalue weighted by Gasteiger charge is 2.44. The van der Waals surface area contributed by atoms with Crippen molar-refractivity contribution in [1.82, 2.24) is 9.97 Å². The molecule has 29 heavy (non-hydrogen) atoms. The van der Waals surface area contributed by atoms with Crippen LogP contribution in [-0.2, 0) is 17.6 Å². The average molecular weight is 415 g/mol. The van der Waals surface area contributed by atoms with Gasteiger partial charge in [0.2, 0.25) is 0 Å². The number of thioether (sulfide) groups is 1. The number of aromatic nitrogens is 2. The third kappa shape index (κ3) is 3.64. The number of nitrogens with zero attached hydrogens (tertiary/aromatic N) is 3. The van der Waals surface area contributed by atoms with Gasteiger partial charge in [-0.25, -0.2) is 4.98 Å². The van der Waals surface area contributed by atoms with Crippen LogP contribution < -0.4 is 0 Å². The highest BCUT2D eigenvalue weighted by Crippen LogP contribution is 2.41. The zero-order valence-electron chi connectivity index (χ0n) is 15.5. The molecule has 0 saturated carbocycles. The summed E-state index contributed by atoms with van der Waals surface area (Å²) < 4.78 is 5.59. The van der Waals surface area contributed by atoms with Crippen molar-refractivity contribution in [2.24, 2.45) is 0 Å². The molecule has 2 aromatic rings. The SMILES string of the molecule is N#Cc1c(S[C@@H]2O[C@H](CO)[C@@H](O)[C@H](O)[C@H]2O)nc2c(c1-c1ccncc1)CCC2. The number of fused-ring (bicyclic) bond motifs is 1. The molecule has 9 heteroatoms. The molecular formula is C20H21N3O5S. The van der Waals surface area contributed by atoms with Crippen molar-refractivity contribution >= 4 is 11.8 Å². The van der Waals surface area contributed by atoms with Gasteiger partial charge >= 0.3 is 0 Å². The van der Waals surface area contributed by atoms with Crippen LogP contribution >= 0.6 is 11.8 Å². The van der Waals surface area contributed by atoms with Crippen LogP contribution in [0.4, 0.5) is 0 Å². The van der Waals surface area contributed by atoms with E-state index in [-0.39, 0.29) is 0 Å². The van der Waals surface area contributed by atoms with E-state index in [0.717, 1.165) is 53.4 Å². The Bertz CT molecular complexity index is 934. The van der Waals surface area contributed by atoms with Gasteiger partial charge in [-0.3, -0.25) is 4.98 Å². The predicted octanol–water partition coefficient (Wildman–Crippen LogP) is 0.396. The number of aryl methyl sites for hydroxylation is 1. The minimum atomic E-state index is -1.47. The standard InChI is InChI=1S/C20H21N3O5S/c21-8-12-15(10-4-6-22-7-5-10)11-2-1-3-13(11)23-19(12)29-20-18(27)17(26)16(25)14(9-24)28-20/h4-7,14,16-18,20,24-27H,1-3,9H2/t14-,16-,17+,18-,20+/m1/s1. The van der Waals surface area contributed by atoms with E-state index < -0.39 is 36.5 Å². The average Bonchev–Trinajstić information content (AvgIpc) is 3.21. The van der Waals surface area contributed by atoms with Crippen LogP contribution in [0.5, 0.6) is 0 Å². The van der Waals surface area contributed by atoms with Crippen LogP contribution in [0.15, 0.2) is 29.6 Å². The van der Waals surface area contributed by atoms with E-state index in [9.17, 15) is 25.7 Å². The highest BCUT2D eigenvalue weighted by atomic mass is 32.2. The number of nitriles is 1. The van der Waals surface area contributed by atoms with Crippen LogP contribution in [0.2, 0.25) is 0 Å². The first-order valence-corrected chi connectivity index (χ1v) is 10.3. The van der Waals surface area contributed by atoms with Crippen LogP contribution in [-0.4, -0.2) is 66.9 Å². The summed E-state index contributed by atoms with van der Waals surface area (Å²) in [6.45, 7) is -0.507. The lowest BCUT2D eigenvalue weighted by molar-refractivity contribution is -0.205. The summed E-state index contributed by atoms with van der Waals surface area (Å²) in [5, 5.41) is 50.1. The molecule has 152 valence electrons. The lowest BCUT2D eigenvalue weighted by Gasteiger charge is -2.39. The Labute approximate surface area is 171 Å². The maximum absolute atomic E-state index is 10.4. The molecular weight excluding hydrogens is 394 g/mol. The van der Waals surface area contributed by atoms with E-state index in [1.54, 1.807) is 12.4 Å². The quantitative estimate of drug-likeness (QED) is 0.558. The van der Waals surface area contributed by atoms with Crippen molar-refractivity contribution in [2.75, 3.05) is 6.61 Å². The van der Waals surface area contributed by atoms with E-state index in [0.29, 0.717) is 10.6 Å². The third-order valence-electron chi connectivity index (χ3n) is 5.35. The molecule has 2 aliphatic rings. The highest BCUT2D eigenvalue weighted by molar-refractivity contribution is 7.99. The molecule has 4 N–H and O–H groups in total. The number of pyridine rings is 2. The molecule has 0 unspecified atom stereocenters. The number of hydrogen-bond donors (Lipinski definition) is 4. The molecule has 3 heterocycles. The third-order valence-corrected chi connectivity index (χ3v) is 6.49. The van der Waals surface area contributed by atoms with Crippen molar-refractivity contribution < 1.29 is 25.2 Å². The second-order valence-corrected chi connectivity index (χ2v) is 8.20. The summed E-state index contributed by atoms with van der Waals surface area (Å²) in [5.41, 5.74) is 3.01. The van der Waals surface area contributed by atoms with Gasteiger partial charge in [-0.15, -0.1) is 0 Å². The monoisotopic (exact) mass is 415 g/mol. The molecule has 1 saturated heterocycles. The summed E-state index contributed by atoms with van der Waals surface area (Å²) in [6, 6.07) is 5.93. The van der Waals surface area contributed by atoms with Gasteiger partial charge < -0.3 is 25.2 Å². The molecule has 5 atom stereocenters. The molecule has 2 aromatic heterocycles. The molecule has 1 aliphatic carbocycles. The fourth-order valence-electron chi connectivity index (χ4n) is 3.86. The van der Waals surface area contributed by atoms with Gasteiger partial charge in [-0.05, 0) is 42.5 Å². The van der Waals surface area contributed by atoms with Crippen molar-refractivity contribution in [3.05, 3.63) is 41.3 Å². The lowest BCUT2D eigenvalue weighted by atomic mass is 9.96. The van der Waals surface area contributed by atoms with Gasteiger partial charge in [-0.2, -0.15) is 5.26 Å². The molecule has 0 radical (unpaired) electrons. The minimum absolute atomic E-state index is 0.374. The first-order valence-electron chi connectivity index (χ1n) is 9.38. The Balaban J connectivity index is 1.76. The zero-order chi connectivity index (χ0) is 20.5. The number of hydrogen-bond acceptors (Lipinski definition) is 9. The Morgan fingerprint density at radius 2 is 1.90 bits per heavy atom. The Morgan fingerprint density at radius 1 is 1.14 bits per heavy atom. The van der Waals surface area contributed by atoms with Gasteiger partial charge in [0.15, 0.2) is 0 Å². The smallest absolute Gasteiger partial charge is 0.138 e. The van der Waals surface area contributed by atoms with Crippen molar-refractivity contribution in [3.8, 4) is 17.2 Å². The predicted molar refractivity (Wildman–Crippen MR) is 104 cm³/mol. The zero-order valence-corrected chi connectivity index (χ0v) is 16.3. The topological polar surface area (TPSA) is 140 Å². The van der Waals surface area contributed by atoms with Crippen molar-refractivity contribution in [2.45, 2.75) is 54.1 Å². The number of rotatable bonds is 4. The molecule has 1 fully saturated rings. The summed E-state index contributed by atoms with van der Waals surface area (Å²) in [5.74, 6) is 0. The molecule has 0 aromatic carbocycles. The Morgan fingerprint density at radius 3 is 2.59 bits per heavy atom. The largest absolute Gasteiger partial charge is 0.394 e. The normalized spacial score (nSPS) is 28.7. The molecule has 0 bridgehead atoms. The fourth-order valence-corrected chi connectivity index (χ4v) is 5.00. The second kappa shape index (κ2) is 8.36. The van der Waals surface area contributed by atoms with E-state index in [1.807, 2.05) is 12.1 Å². The maximum Gasteiger partial charge on any atom is 0.138 e. The van der Waals surface area contributed by atoms with E-state index in [2.05, 4.69) is 16.0 Å². The maximum atomic E-state index is 10.4. The van der Waals surface area contributed by atoms with Crippen molar-refractivity contribution in [1.29, 1.82) is 5.26 Å². The van der Waals surface area contributed by atoms with Gasteiger partial charge in [0.25, 0.3) is 0 Å². The molecule has 8 nitrogen and oxygen atoms in total. The Kier molecular flexibility index (Phi) is 5.83. The molecule has 0 amide bonds. The van der Waals surface area contributed by atoms with Crippen LogP contribution in [0.1, 0.15) is 23.2 Å². The molecule has 4 rings (SSSR count). The number of ether oxygens (including phenoxy) is 1. The van der Waals surface area contributed by atoms with Crippen molar-refractivity contribution in [3.63, 3.8) is 0 Å².